The van der Waals surface area contributed by atoms with Crippen molar-refractivity contribution in [2.24, 2.45) is 0 Å². The Kier molecular flexibility index (Phi) is 14.6. The molecule has 1 fully saturated rings. The molecule has 1 aliphatic rings. The second-order valence-corrected chi connectivity index (χ2v) is 9.04. The fraction of sp³-hybridized carbons (Fsp3) is 0.654. The molecule has 4 nitrogen and oxygen atoms in total. The number of piperazine rings is 1. The van der Waals surface area contributed by atoms with Crippen molar-refractivity contribution in [2.45, 2.75) is 79.7 Å². The van der Waals surface area contributed by atoms with Crippen molar-refractivity contribution in [1.29, 1.82) is 0 Å². The van der Waals surface area contributed by atoms with Crippen molar-refractivity contribution in [1.82, 2.24) is 9.80 Å². The first-order chi connectivity index (χ1) is 14.6. The van der Waals surface area contributed by atoms with Gasteiger partial charge in [0.05, 0.1) is 7.11 Å². The average Bonchev–Trinajstić information content (AvgIpc) is 2.74. The van der Waals surface area contributed by atoms with Gasteiger partial charge in [0.15, 0.2) is 0 Å². The maximum atomic E-state index is 11.7. The van der Waals surface area contributed by atoms with E-state index >= 15 is 0 Å². The minimum atomic E-state index is -0.232. The second-order valence-electron chi connectivity index (χ2n) is 8.61. The molecular weight excluding hydrogens is 408 g/mol. The zero-order chi connectivity index (χ0) is 24.0. The molecule has 0 aromatic heterocycles. The van der Waals surface area contributed by atoms with Gasteiger partial charge >= 0.3 is 6.09 Å². The Hall–Kier alpha value is -1.52. The predicted octanol–water partition coefficient (Wildman–Crippen LogP) is 7.17. The van der Waals surface area contributed by atoms with Gasteiger partial charge in [0.1, 0.15) is 0 Å². The van der Waals surface area contributed by atoms with Crippen LogP contribution in [0.1, 0.15) is 73.8 Å². The van der Waals surface area contributed by atoms with Crippen LogP contribution in [0.15, 0.2) is 35.9 Å². The van der Waals surface area contributed by atoms with E-state index in [2.05, 4.69) is 64.7 Å². The lowest BCUT2D eigenvalue weighted by atomic mass is 9.78. The number of methoxy groups -OCH3 is 1. The summed E-state index contributed by atoms with van der Waals surface area (Å²) in [5, 5.41) is 0.768. The van der Waals surface area contributed by atoms with E-state index in [0.29, 0.717) is 19.1 Å². The van der Waals surface area contributed by atoms with Crippen molar-refractivity contribution in [3.8, 4) is 0 Å². The van der Waals surface area contributed by atoms with E-state index in [1.54, 1.807) is 4.90 Å². The molecule has 1 aliphatic heterocycles. The normalized spacial score (nSPS) is 15.0. The highest BCUT2D eigenvalue weighted by Crippen LogP contribution is 2.32. The zero-order valence-corrected chi connectivity index (χ0v) is 22.1. The van der Waals surface area contributed by atoms with Gasteiger partial charge in [0, 0.05) is 37.2 Å². The van der Waals surface area contributed by atoms with E-state index in [0.717, 1.165) is 24.5 Å². The molecule has 1 aromatic carbocycles. The van der Waals surface area contributed by atoms with Crippen LogP contribution >= 0.6 is 11.6 Å². The molecule has 1 unspecified atom stereocenters. The third-order valence-corrected chi connectivity index (χ3v) is 5.34. The molecule has 1 saturated heterocycles. The van der Waals surface area contributed by atoms with Crippen LogP contribution in [-0.4, -0.2) is 55.2 Å². The van der Waals surface area contributed by atoms with Gasteiger partial charge < -0.3 is 9.64 Å². The van der Waals surface area contributed by atoms with Crippen LogP contribution in [0.5, 0.6) is 0 Å². The third-order valence-electron chi connectivity index (χ3n) is 5.09. The second kappa shape index (κ2) is 15.3. The van der Waals surface area contributed by atoms with Crippen LogP contribution in [0.25, 0.3) is 0 Å². The minimum absolute atomic E-state index is 0.0285. The fourth-order valence-corrected chi connectivity index (χ4v) is 3.71. The summed E-state index contributed by atoms with van der Waals surface area (Å²) in [6.45, 7) is 20.3. The lowest BCUT2D eigenvalue weighted by Gasteiger charge is -2.40. The molecule has 1 aromatic rings. The first kappa shape index (κ1) is 29.5. The number of allylic oxidation sites excluding steroid dienone is 1. The van der Waals surface area contributed by atoms with Gasteiger partial charge in [-0.05, 0) is 43.4 Å². The number of nitrogens with zero attached hydrogens (tertiary/aromatic N) is 2. The Labute approximate surface area is 196 Å². The fourth-order valence-electron chi connectivity index (χ4n) is 3.59. The van der Waals surface area contributed by atoms with E-state index in [1.807, 2.05) is 26.0 Å². The van der Waals surface area contributed by atoms with E-state index in [-0.39, 0.29) is 11.5 Å². The molecule has 0 spiro atoms. The Morgan fingerprint density at radius 1 is 1.10 bits per heavy atom. The molecule has 0 bridgehead atoms. The Morgan fingerprint density at radius 2 is 1.58 bits per heavy atom. The summed E-state index contributed by atoms with van der Waals surface area (Å²) >= 11 is 6.05. The summed E-state index contributed by atoms with van der Waals surface area (Å²) in [7, 11) is 1.44. The largest absolute Gasteiger partial charge is 0.453 e. The van der Waals surface area contributed by atoms with E-state index in [4.69, 9.17) is 16.3 Å². The molecule has 0 radical (unpaired) electrons. The molecule has 0 N–H and O–H groups in total. The number of carbonyl (C=O) groups is 1. The number of benzene rings is 1. The van der Waals surface area contributed by atoms with E-state index in [1.165, 1.54) is 24.7 Å². The monoisotopic (exact) mass is 452 g/mol. The van der Waals surface area contributed by atoms with Crippen LogP contribution in [0, 0.1) is 0 Å². The highest BCUT2D eigenvalue weighted by Gasteiger charge is 2.30. The summed E-state index contributed by atoms with van der Waals surface area (Å²) in [5.41, 5.74) is 2.64. The molecule has 2 rings (SSSR count). The van der Waals surface area contributed by atoms with Crippen LogP contribution in [0.2, 0.25) is 5.02 Å². The molecule has 0 aliphatic carbocycles. The van der Waals surface area contributed by atoms with Gasteiger partial charge in [-0.2, -0.15) is 0 Å². The highest BCUT2D eigenvalue weighted by molar-refractivity contribution is 6.30. The number of ether oxygens (including phenoxy) is 1. The van der Waals surface area contributed by atoms with Gasteiger partial charge in [-0.15, -0.1) is 0 Å². The lowest BCUT2D eigenvalue weighted by Crippen LogP contribution is -2.52. The van der Waals surface area contributed by atoms with Crippen LogP contribution in [0.3, 0.4) is 0 Å². The van der Waals surface area contributed by atoms with Gasteiger partial charge in [-0.3, -0.25) is 4.90 Å². The zero-order valence-electron chi connectivity index (χ0n) is 21.3. The van der Waals surface area contributed by atoms with Crippen LogP contribution < -0.4 is 0 Å². The van der Waals surface area contributed by atoms with Crippen molar-refractivity contribution in [3.63, 3.8) is 0 Å². The molecular formula is C26H45ClN2O2. The average molecular weight is 453 g/mol. The Bertz CT molecular complexity index is 644. The summed E-state index contributed by atoms with van der Waals surface area (Å²) < 4.78 is 4.84. The van der Waals surface area contributed by atoms with Crippen molar-refractivity contribution in [2.75, 3.05) is 33.3 Å². The summed E-state index contributed by atoms with van der Waals surface area (Å²) in [6.07, 6.45) is 4.38. The molecule has 1 heterocycles. The standard InChI is InChI=1S/C21H31ClN2O2.C3H8.C2H6/c1-16(2)14-19(23-10-12-24(13-11-23)20(25)26-5)15-21(3,4)17-6-8-18(22)9-7-17;1-3-2;1-2/h6-9,14,19H,10-13,15H2,1-5H3;3H2,1-2H3;1-2H3. The van der Waals surface area contributed by atoms with Crippen LogP contribution in [-0.2, 0) is 10.2 Å². The summed E-state index contributed by atoms with van der Waals surface area (Å²) in [4.78, 5) is 16.0. The van der Waals surface area contributed by atoms with E-state index < -0.39 is 0 Å². The van der Waals surface area contributed by atoms with Crippen molar-refractivity contribution in [3.05, 3.63) is 46.5 Å². The first-order valence-electron chi connectivity index (χ1n) is 11.6. The maximum absolute atomic E-state index is 11.7. The number of rotatable bonds is 5. The highest BCUT2D eigenvalue weighted by atomic mass is 35.5. The van der Waals surface area contributed by atoms with Crippen molar-refractivity contribution >= 4 is 17.7 Å². The molecule has 31 heavy (non-hydrogen) atoms. The van der Waals surface area contributed by atoms with Gasteiger partial charge in [0.2, 0.25) is 0 Å². The topological polar surface area (TPSA) is 32.8 Å². The number of hydrogen-bond acceptors (Lipinski definition) is 3. The Balaban J connectivity index is 0.00000165. The molecule has 1 atom stereocenters. The molecule has 1 amide bonds. The van der Waals surface area contributed by atoms with Crippen molar-refractivity contribution < 1.29 is 9.53 Å². The maximum Gasteiger partial charge on any atom is 0.409 e. The summed E-state index contributed by atoms with van der Waals surface area (Å²) in [5.74, 6) is 0. The molecule has 5 heteroatoms. The first-order valence-corrected chi connectivity index (χ1v) is 12.0. The minimum Gasteiger partial charge on any atom is -0.453 e. The number of carbonyl (C=O) groups excluding carboxylic acids is 1. The van der Waals surface area contributed by atoms with Gasteiger partial charge in [0.25, 0.3) is 0 Å². The third kappa shape index (κ3) is 10.6. The number of amides is 1. The van der Waals surface area contributed by atoms with Crippen LogP contribution in [0.4, 0.5) is 4.79 Å². The molecule has 0 saturated carbocycles. The lowest BCUT2D eigenvalue weighted by molar-refractivity contribution is 0.0773. The molecule has 178 valence electrons. The SMILES string of the molecule is CC.CCC.COC(=O)N1CCN(C(C=C(C)C)CC(C)(C)c2ccc(Cl)cc2)CC1. The smallest absolute Gasteiger partial charge is 0.409 e. The quantitative estimate of drug-likeness (QED) is 0.444. The number of hydrogen-bond donors (Lipinski definition) is 0. The number of halogens is 1. The van der Waals surface area contributed by atoms with Gasteiger partial charge in [-0.1, -0.05) is 83.3 Å². The predicted molar refractivity (Wildman–Crippen MR) is 135 cm³/mol. The summed E-state index contributed by atoms with van der Waals surface area (Å²) in [6, 6.07) is 8.51. The Morgan fingerprint density at radius 3 is 2.00 bits per heavy atom. The van der Waals surface area contributed by atoms with E-state index in [9.17, 15) is 4.79 Å². The van der Waals surface area contributed by atoms with Gasteiger partial charge in [-0.25, -0.2) is 4.79 Å².